The minimum absolute atomic E-state index is 0.0481. The molecule has 2 heterocycles. The summed E-state index contributed by atoms with van der Waals surface area (Å²) in [5.41, 5.74) is 0. The maximum absolute atomic E-state index is 11.8. The van der Waals surface area contributed by atoms with E-state index in [4.69, 9.17) is 18.6 Å². The van der Waals surface area contributed by atoms with Crippen LogP contribution in [0, 0.1) is 0 Å². The molecule has 19 heavy (non-hydrogen) atoms. The SMILES string of the molecule is CC1(C)OC2C(=O)OC(O[Si](C)(C)C(C)(C)C)C2O1. The molecular weight excluding hydrogens is 264 g/mol. The predicted molar refractivity (Wildman–Crippen MR) is 72.0 cm³/mol. The zero-order chi connectivity index (χ0) is 14.6. The molecule has 2 rings (SSSR count). The van der Waals surface area contributed by atoms with Gasteiger partial charge < -0.3 is 18.6 Å². The van der Waals surface area contributed by atoms with E-state index in [1.807, 2.05) is 0 Å². The van der Waals surface area contributed by atoms with Gasteiger partial charge in [0, 0.05) is 0 Å². The van der Waals surface area contributed by atoms with E-state index in [1.54, 1.807) is 13.8 Å². The molecule has 6 heteroatoms. The third-order valence-corrected chi connectivity index (χ3v) is 8.51. The van der Waals surface area contributed by atoms with Crippen molar-refractivity contribution in [1.82, 2.24) is 0 Å². The Morgan fingerprint density at radius 3 is 2.32 bits per heavy atom. The average Bonchev–Trinajstić information content (AvgIpc) is 2.62. The molecule has 5 nitrogen and oxygen atoms in total. The van der Waals surface area contributed by atoms with Crippen LogP contribution in [0.5, 0.6) is 0 Å². The first-order valence-corrected chi connectivity index (χ1v) is 9.58. The number of carbonyl (C=O) groups is 1. The number of hydrogen-bond acceptors (Lipinski definition) is 5. The van der Waals surface area contributed by atoms with E-state index in [0.29, 0.717) is 0 Å². The van der Waals surface area contributed by atoms with Gasteiger partial charge in [-0.05, 0) is 32.0 Å². The monoisotopic (exact) mass is 288 g/mol. The van der Waals surface area contributed by atoms with Crippen LogP contribution in [0.15, 0.2) is 0 Å². The summed E-state index contributed by atoms with van der Waals surface area (Å²) in [6.07, 6.45) is -1.78. The first-order chi connectivity index (χ1) is 8.43. The fraction of sp³-hybridized carbons (Fsp3) is 0.923. The summed E-state index contributed by atoms with van der Waals surface area (Å²) in [7, 11) is -2.02. The van der Waals surface area contributed by atoms with Gasteiger partial charge in [-0.2, -0.15) is 0 Å². The van der Waals surface area contributed by atoms with Gasteiger partial charge >= 0.3 is 5.97 Å². The van der Waals surface area contributed by atoms with Crippen LogP contribution in [0.25, 0.3) is 0 Å². The smallest absolute Gasteiger partial charge is 0.340 e. The van der Waals surface area contributed by atoms with Gasteiger partial charge in [0.25, 0.3) is 0 Å². The van der Waals surface area contributed by atoms with Gasteiger partial charge in [0.1, 0.15) is 0 Å². The summed E-state index contributed by atoms with van der Waals surface area (Å²) in [4.78, 5) is 11.8. The van der Waals surface area contributed by atoms with E-state index in [9.17, 15) is 4.79 Å². The molecule has 0 amide bonds. The molecule has 3 unspecified atom stereocenters. The Kier molecular flexibility index (Phi) is 3.37. The number of hydrogen-bond donors (Lipinski definition) is 0. The summed E-state index contributed by atoms with van der Waals surface area (Å²) >= 11 is 0. The molecule has 0 spiro atoms. The lowest BCUT2D eigenvalue weighted by Crippen LogP contribution is -2.47. The number of rotatable bonds is 2. The summed E-state index contributed by atoms with van der Waals surface area (Å²) in [6.45, 7) is 14.3. The van der Waals surface area contributed by atoms with Crippen molar-refractivity contribution in [3.63, 3.8) is 0 Å². The van der Waals surface area contributed by atoms with Crippen molar-refractivity contribution in [2.75, 3.05) is 0 Å². The molecule has 2 aliphatic rings. The molecule has 2 aliphatic heterocycles. The Hall–Kier alpha value is -0.433. The molecule has 0 aromatic carbocycles. The standard InChI is InChI=1S/C13H24O5Si/c1-12(2,3)19(6,7)18-11-9-8(10(14)15-11)16-13(4,5)17-9/h8-9,11H,1-7H3. The van der Waals surface area contributed by atoms with Gasteiger partial charge in [0.15, 0.2) is 26.3 Å². The van der Waals surface area contributed by atoms with Crippen molar-refractivity contribution in [1.29, 1.82) is 0 Å². The van der Waals surface area contributed by atoms with Gasteiger partial charge in [-0.15, -0.1) is 0 Å². The average molecular weight is 288 g/mol. The Morgan fingerprint density at radius 2 is 1.79 bits per heavy atom. The van der Waals surface area contributed by atoms with Crippen molar-refractivity contribution in [3.8, 4) is 0 Å². The number of cyclic esters (lactones) is 1. The second kappa shape index (κ2) is 4.28. The van der Waals surface area contributed by atoms with E-state index >= 15 is 0 Å². The fourth-order valence-electron chi connectivity index (χ4n) is 1.98. The van der Waals surface area contributed by atoms with Crippen LogP contribution >= 0.6 is 0 Å². The predicted octanol–water partition coefficient (Wildman–Crippen LogP) is 2.41. The summed E-state index contributed by atoms with van der Waals surface area (Å²) in [6, 6.07) is 0. The highest BCUT2D eigenvalue weighted by atomic mass is 28.4. The molecule has 110 valence electrons. The Bertz CT molecular complexity index is 385. The second-order valence-corrected chi connectivity index (χ2v) is 12.0. The number of ether oxygens (including phenoxy) is 3. The molecule has 0 radical (unpaired) electrons. The third kappa shape index (κ3) is 2.72. The van der Waals surface area contributed by atoms with E-state index in [1.165, 1.54) is 0 Å². The maximum Gasteiger partial charge on any atom is 0.340 e. The van der Waals surface area contributed by atoms with Crippen molar-refractivity contribution >= 4 is 14.3 Å². The quantitative estimate of drug-likeness (QED) is 0.577. The molecule has 2 fully saturated rings. The molecule has 0 saturated carbocycles. The number of fused-ring (bicyclic) bond motifs is 1. The zero-order valence-corrected chi connectivity index (χ0v) is 13.8. The van der Waals surface area contributed by atoms with Crippen LogP contribution < -0.4 is 0 Å². The Balaban J connectivity index is 2.13. The normalized spacial score (nSPS) is 34.3. The van der Waals surface area contributed by atoms with Crippen molar-refractivity contribution < 1.29 is 23.4 Å². The third-order valence-electron chi connectivity index (χ3n) is 4.08. The van der Waals surface area contributed by atoms with Crippen molar-refractivity contribution in [3.05, 3.63) is 0 Å². The molecule has 3 atom stereocenters. The van der Waals surface area contributed by atoms with Gasteiger partial charge in [-0.1, -0.05) is 20.8 Å². The number of carbonyl (C=O) groups excluding carboxylic acids is 1. The minimum Gasteiger partial charge on any atom is -0.432 e. The van der Waals surface area contributed by atoms with Crippen LogP contribution in [0.3, 0.4) is 0 Å². The number of esters is 1. The lowest BCUT2D eigenvalue weighted by molar-refractivity contribution is -0.206. The largest absolute Gasteiger partial charge is 0.432 e. The first kappa shape index (κ1) is 15.0. The molecule has 2 saturated heterocycles. The molecule has 0 aromatic rings. The zero-order valence-electron chi connectivity index (χ0n) is 12.8. The molecule has 0 aromatic heterocycles. The second-order valence-electron chi connectivity index (χ2n) is 7.20. The first-order valence-electron chi connectivity index (χ1n) is 6.67. The van der Waals surface area contributed by atoms with Gasteiger partial charge in [-0.3, -0.25) is 0 Å². The van der Waals surface area contributed by atoms with Crippen LogP contribution in [-0.4, -0.2) is 38.6 Å². The highest BCUT2D eigenvalue weighted by molar-refractivity contribution is 6.74. The van der Waals surface area contributed by atoms with E-state index < -0.39 is 32.6 Å². The van der Waals surface area contributed by atoms with Crippen LogP contribution in [0.1, 0.15) is 34.6 Å². The highest BCUT2D eigenvalue weighted by Gasteiger charge is 2.58. The van der Waals surface area contributed by atoms with Gasteiger partial charge in [-0.25, -0.2) is 4.79 Å². The highest BCUT2D eigenvalue weighted by Crippen LogP contribution is 2.42. The minimum atomic E-state index is -2.02. The Morgan fingerprint density at radius 1 is 1.21 bits per heavy atom. The van der Waals surface area contributed by atoms with Crippen LogP contribution in [-0.2, 0) is 23.4 Å². The molecule has 0 bridgehead atoms. The van der Waals surface area contributed by atoms with E-state index in [0.717, 1.165) is 0 Å². The van der Waals surface area contributed by atoms with Crippen LogP contribution in [0.2, 0.25) is 18.1 Å². The topological polar surface area (TPSA) is 54.0 Å². The van der Waals surface area contributed by atoms with Gasteiger partial charge in [0.05, 0.1) is 0 Å². The van der Waals surface area contributed by atoms with E-state index in [-0.39, 0.29) is 11.0 Å². The summed E-state index contributed by atoms with van der Waals surface area (Å²) in [5, 5.41) is 0.0481. The van der Waals surface area contributed by atoms with Gasteiger partial charge in [0.2, 0.25) is 6.29 Å². The fourth-order valence-corrected chi connectivity index (χ4v) is 3.09. The molecule has 0 aliphatic carbocycles. The van der Waals surface area contributed by atoms with E-state index in [2.05, 4.69) is 33.9 Å². The lowest BCUT2D eigenvalue weighted by Gasteiger charge is -2.38. The maximum atomic E-state index is 11.8. The molecule has 0 N–H and O–H groups in total. The Labute approximate surface area is 115 Å². The molecular formula is C13H24O5Si. The lowest BCUT2D eigenvalue weighted by atomic mass is 10.2. The summed E-state index contributed by atoms with van der Waals surface area (Å²) < 4.78 is 22.7. The van der Waals surface area contributed by atoms with Crippen molar-refractivity contribution in [2.45, 2.75) is 77.0 Å². The van der Waals surface area contributed by atoms with Crippen molar-refractivity contribution in [2.24, 2.45) is 0 Å². The van der Waals surface area contributed by atoms with Crippen LogP contribution in [0.4, 0.5) is 0 Å². The summed E-state index contributed by atoms with van der Waals surface area (Å²) in [5.74, 6) is -1.15.